The molecule has 1 aliphatic heterocycles. The first-order valence-electron chi connectivity index (χ1n) is 6.96. The van der Waals surface area contributed by atoms with Gasteiger partial charge >= 0.3 is 0 Å². The van der Waals surface area contributed by atoms with Crippen LogP contribution in [0.15, 0.2) is 36.5 Å². The lowest BCUT2D eigenvalue weighted by Crippen LogP contribution is -2.48. The SMILES string of the molecule is N#C[C@@]1(NC(=O)Cn2cc(-c3ccccc3)nn2)CCSC1. The van der Waals surface area contributed by atoms with Crippen molar-refractivity contribution in [2.75, 3.05) is 11.5 Å². The topological polar surface area (TPSA) is 83.6 Å². The van der Waals surface area contributed by atoms with Gasteiger partial charge in [0, 0.05) is 11.3 Å². The average molecular weight is 313 g/mol. The summed E-state index contributed by atoms with van der Waals surface area (Å²) in [5, 5.41) is 20.1. The van der Waals surface area contributed by atoms with Gasteiger partial charge in [0.05, 0.1) is 12.3 Å². The van der Waals surface area contributed by atoms with E-state index in [0.717, 1.165) is 17.0 Å². The van der Waals surface area contributed by atoms with E-state index in [9.17, 15) is 10.1 Å². The molecule has 0 radical (unpaired) electrons. The smallest absolute Gasteiger partial charge is 0.243 e. The number of nitriles is 1. The fourth-order valence-electron chi connectivity index (χ4n) is 2.35. The van der Waals surface area contributed by atoms with E-state index in [1.54, 1.807) is 18.0 Å². The maximum atomic E-state index is 12.1. The number of carbonyl (C=O) groups is 1. The molecule has 112 valence electrons. The fraction of sp³-hybridized carbons (Fsp3) is 0.333. The second-order valence-electron chi connectivity index (χ2n) is 5.21. The van der Waals surface area contributed by atoms with E-state index in [4.69, 9.17) is 0 Å². The fourth-order valence-corrected chi connectivity index (χ4v) is 3.62. The molecule has 1 saturated heterocycles. The number of nitrogens with zero attached hydrogens (tertiary/aromatic N) is 4. The highest BCUT2D eigenvalue weighted by Gasteiger charge is 2.36. The summed E-state index contributed by atoms with van der Waals surface area (Å²) in [6.45, 7) is 0.0634. The summed E-state index contributed by atoms with van der Waals surface area (Å²) in [5.74, 6) is 1.32. The van der Waals surface area contributed by atoms with Gasteiger partial charge in [0.15, 0.2) is 0 Å². The molecule has 7 heteroatoms. The monoisotopic (exact) mass is 313 g/mol. The molecule has 0 spiro atoms. The molecule has 2 heterocycles. The number of benzene rings is 1. The molecule has 1 N–H and O–H groups in total. The number of hydrogen-bond donors (Lipinski definition) is 1. The summed E-state index contributed by atoms with van der Waals surface area (Å²) in [5.41, 5.74) is 0.944. The van der Waals surface area contributed by atoms with E-state index in [1.165, 1.54) is 4.68 Å². The Balaban J connectivity index is 1.65. The predicted molar refractivity (Wildman–Crippen MR) is 83.9 cm³/mol. The van der Waals surface area contributed by atoms with Crippen molar-refractivity contribution in [3.8, 4) is 17.3 Å². The van der Waals surface area contributed by atoms with E-state index in [-0.39, 0.29) is 12.5 Å². The normalized spacial score (nSPS) is 20.5. The van der Waals surface area contributed by atoms with Gasteiger partial charge in [-0.25, -0.2) is 4.68 Å². The van der Waals surface area contributed by atoms with E-state index in [0.29, 0.717) is 12.2 Å². The minimum atomic E-state index is -0.732. The second-order valence-corrected chi connectivity index (χ2v) is 6.32. The highest BCUT2D eigenvalue weighted by atomic mass is 32.2. The molecule has 0 bridgehead atoms. The largest absolute Gasteiger partial charge is 0.335 e. The number of amides is 1. The average Bonchev–Trinajstić information content (AvgIpc) is 3.18. The van der Waals surface area contributed by atoms with Crippen LogP contribution in [0, 0.1) is 11.3 Å². The number of aromatic nitrogens is 3. The third-order valence-corrected chi connectivity index (χ3v) is 4.72. The van der Waals surface area contributed by atoms with Crippen LogP contribution in [-0.2, 0) is 11.3 Å². The zero-order chi connectivity index (χ0) is 15.4. The molecule has 1 aromatic heterocycles. The molecule has 1 aromatic carbocycles. The Bertz CT molecular complexity index is 700. The van der Waals surface area contributed by atoms with Crippen LogP contribution >= 0.6 is 11.8 Å². The molecule has 1 atom stereocenters. The lowest BCUT2D eigenvalue weighted by Gasteiger charge is -2.20. The van der Waals surface area contributed by atoms with Crippen molar-refractivity contribution in [1.29, 1.82) is 5.26 Å². The van der Waals surface area contributed by atoms with Gasteiger partial charge in [0.1, 0.15) is 17.8 Å². The highest BCUT2D eigenvalue weighted by Crippen LogP contribution is 2.27. The molecule has 0 aliphatic carbocycles. The molecular formula is C15H15N5OS. The standard InChI is InChI=1S/C15H15N5OS/c16-10-15(6-7-22-11-15)17-14(21)9-20-8-13(18-19-20)12-4-2-1-3-5-12/h1-5,8H,6-7,9,11H2,(H,17,21)/t15-/m0/s1. The Morgan fingerprint density at radius 1 is 1.45 bits per heavy atom. The Morgan fingerprint density at radius 3 is 2.95 bits per heavy atom. The highest BCUT2D eigenvalue weighted by molar-refractivity contribution is 7.99. The van der Waals surface area contributed by atoms with Crippen LogP contribution in [0.2, 0.25) is 0 Å². The van der Waals surface area contributed by atoms with E-state index in [2.05, 4.69) is 21.7 Å². The van der Waals surface area contributed by atoms with Gasteiger partial charge in [0.25, 0.3) is 0 Å². The lowest BCUT2D eigenvalue weighted by atomic mass is 10.0. The van der Waals surface area contributed by atoms with Gasteiger partial charge in [-0.1, -0.05) is 35.5 Å². The molecule has 6 nitrogen and oxygen atoms in total. The molecule has 22 heavy (non-hydrogen) atoms. The number of hydrogen-bond acceptors (Lipinski definition) is 5. The van der Waals surface area contributed by atoms with E-state index >= 15 is 0 Å². The maximum Gasteiger partial charge on any atom is 0.243 e. The molecule has 1 amide bonds. The van der Waals surface area contributed by atoms with E-state index < -0.39 is 5.54 Å². The van der Waals surface area contributed by atoms with Gasteiger partial charge in [-0.05, 0) is 12.2 Å². The summed E-state index contributed by atoms with van der Waals surface area (Å²) in [4.78, 5) is 12.1. The Kier molecular flexibility index (Phi) is 4.11. The van der Waals surface area contributed by atoms with E-state index in [1.807, 2.05) is 30.3 Å². The quantitative estimate of drug-likeness (QED) is 0.924. The van der Waals surface area contributed by atoms with Crippen molar-refractivity contribution in [3.05, 3.63) is 36.5 Å². The van der Waals surface area contributed by atoms with Crippen LogP contribution < -0.4 is 5.32 Å². The molecule has 1 aliphatic rings. The van der Waals surface area contributed by atoms with Gasteiger partial charge in [-0.3, -0.25) is 4.79 Å². The molecule has 2 aromatic rings. The first-order chi connectivity index (χ1) is 10.7. The lowest BCUT2D eigenvalue weighted by molar-refractivity contribution is -0.123. The van der Waals surface area contributed by atoms with Crippen molar-refractivity contribution in [1.82, 2.24) is 20.3 Å². The van der Waals surface area contributed by atoms with Crippen molar-refractivity contribution >= 4 is 17.7 Å². The van der Waals surface area contributed by atoms with Crippen LogP contribution in [0.25, 0.3) is 11.3 Å². The van der Waals surface area contributed by atoms with Gasteiger partial charge in [0.2, 0.25) is 5.91 Å². The number of carbonyl (C=O) groups excluding carboxylic acids is 1. The number of nitrogens with one attached hydrogen (secondary N) is 1. The van der Waals surface area contributed by atoms with Crippen molar-refractivity contribution in [2.24, 2.45) is 0 Å². The first-order valence-corrected chi connectivity index (χ1v) is 8.12. The second kappa shape index (κ2) is 6.20. The summed E-state index contributed by atoms with van der Waals surface area (Å²) < 4.78 is 1.49. The summed E-state index contributed by atoms with van der Waals surface area (Å²) in [6.07, 6.45) is 2.42. The molecule has 3 rings (SSSR count). The summed E-state index contributed by atoms with van der Waals surface area (Å²) in [6, 6.07) is 11.9. The number of thioether (sulfide) groups is 1. The van der Waals surface area contributed by atoms with Crippen molar-refractivity contribution in [3.63, 3.8) is 0 Å². The van der Waals surface area contributed by atoms with Gasteiger partial charge in [-0.15, -0.1) is 5.10 Å². The van der Waals surface area contributed by atoms with Crippen molar-refractivity contribution in [2.45, 2.75) is 18.5 Å². The Hall–Kier alpha value is -2.33. The summed E-state index contributed by atoms with van der Waals surface area (Å²) >= 11 is 1.68. The van der Waals surface area contributed by atoms with Crippen LogP contribution in [0.3, 0.4) is 0 Å². The molecule has 1 fully saturated rings. The van der Waals surface area contributed by atoms with Crippen LogP contribution in [0.4, 0.5) is 0 Å². The Labute approximate surface area is 132 Å². The van der Waals surface area contributed by atoms with Crippen LogP contribution in [-0.4, -0.2) is 37.9 Å². The maximum absolute atomic E-state index is 12.1. The molecular weight excluding hydrogens is 298 g/mol. The molecule has 0 saturated carbocycles. The molecule has 0 unspecified atom stereocenters. The van der Waals surface area contributed by atoms with Crippen LogP contribution in [0.1, 0.15) is 6.42 Å². The zero-order valence-electron chi connectivity index (χ0n) is 11.9. The van der Waals surface area contributed by atoms with Crippen molar-refractivity contribution < 1.29 is 4.79 Å². The minimum absolute atomic E-state index is 0.0634. The minimum Gasteiger partial charge on any atom is -0.335 e. The third-order valence-electron chi connectivity index (χ3n) is 3.53. The Morgan fingerprint density at radius 2 is 2.27 bits per heavy atom. The van der Waals surface area contributed by atoms with Gasteiger partial charge < -0.3 is 5.32 Å². The predicted octanol–water partition coefficient (Wildman–Crippen LogP) is 1.46. The first kappa shape index (κ1) is 14.6. The summed E-state index contributed by atoms with van der Waals surface area (Å²) in [7, 11) is 0. The van der Waals surface area contributed by atoms with Crippen LogP contribution in [0.5, 0.6) is 0 Å². The zero-order valence-corrected chi connectivity index (χ0v) is 12.7. The number of rotatable bonds is 4. The third kappa shape index (κ3) is 3.12. The van der Waals surface area contributed by atoms with Gasteiger partial charge in [-0.2, -0.15) is 17.0 Å².